The predicted molar refractivity (Wildman–Crippen MR) is 199 cm³/mol. The van der Waals surface area contributed by atoms with Crippen molar-refractivity contribution in [1.29, 1.82) is 0 Å². The van der Waals surface area contributed by atoms with E-state index < -0.39 is 12.1 Å². The van der Waals surface area contributed by atoms with E-state index in [4.69, 9.17) is 18.9 Å². The molecule has 49 heavy (non-hydrogen) atoms. The summed E-state index contributed by atoms with van der Waals surface area (Å²) in [6.07, 6.45) is 29.3. The minimum absolute atomic E-state index is 0.0331. The third kappa shape index (κ3) is 25.3. The van der Waals surface area contributed by atoms with Gasteiger partial charge in [-0.3, -0.25) is 9.59 Å². The van der Waals surface area contributed by atoms with E-state index in [0.717, 1.165) is 90.3 Å². The number of hydrogen-bond donors (Lipinski definition) is 0. The highest BCUT2D eigenvalue weighted by molar-refractivity contribution is 5.72. The van der Waals surface area contributed by atoms with E-state index in [2.05, 4.69) is 56.9 Å². The van der Waals surface area contributed by atoms with Gasteiger partial charge in [0.1, 0.15) is 19.8 Å². The molecule has 0 aliphatic heterocycles. The fraction of sp³-hybridized carbons (Fsp3) is 0.829. The normalized spacial score (nSPS) is 17.1. The Morgan fingerprint density at radius 1 is 0.653 bits per heavy atom. The number of unbranched alkanes of at least 4 members (excludes halogenated alkanes) is 9. The van der Waals surface area contributed by atoms with Crippen LogP contribution in [-0.2, 0) is 28.5 Å². The molecule has 1 unspecified atom stereocenters. The largest absolute Gasteiger partial charge is 0.508 e. The van der Waals surface area contributed by atoms with Gasteiger partial charge in [-0.25, -0.2) is 4.79 Å². The van der Waals surface area contributed by atoms with E-state index >= 15 is 0 Å². The van der Waals surface area contributed by atoms with Crippen molar-refractivity contribution in [2.45, 2.75) is 156 Å². The Morgan fingerprint density at radius 3 is 1.94 bits per heavy atom. The van der Waals surface area contributed by atoms with E-state index in [0.29, 0.717) is 12.3 Å². The highest BCUT2D eigenvalue weighted by Crippen LogP contribution is 2.32. The van der Waals surface area contributed by atoms with Gasteiger partial charge in [-0.1, -0.05) is 103 Å². The molecule has 0 aromatic carbocycles. The maximum atomic E-state index is 12.9. The number of carbonyl (C=O) groups is 3. The molecule has 0 heterocycles. The first-order valence-corrected chi connectivity index (χ1v) is 20.1. The van der Waals surface area contributed by atoms with Crippen LogP contribution in [0.15, 0.2) is 24.3 Å². The van der Waals surface area contributed by atoms with Crippen molar-refractivity contribution in [2.75, 3.05) is 46.1 Å². The summed E-state index contributed by atoms with van der Waals surface area (Å²) >= 11 is 0. The summed E-state index contributed by atoms with van der Waals surface area (Å²) < 4.78 is 21.8. The van der Waals surface area contributed by atoms with Gasteiger partial charge in [0.25, 0.3) is 0 Å². The average Bonchev–Trinajstić information content (AvgIpc) is 3.12. The fourth-order valence-corrected chi connectivity index (χ4v) is 6.22. The van der Waals surface area contributed by atoms with Crippen LogP contribution in [0.4, 0.5) is 4.79 Å². The monoisotopic (exact) mass is 692 g/mol. The minimum Gasteiger partial charge on any atom is -0.465 e. The standard InChI is InChI=1S/C41H73NO7/c1-5-9-11-12-13-14-15-16-17-18-19-20-21-22-23-26-39(43)47-33-37(35-49-41(45)46-32-24-31-42(7-3)8-4)34-48-40(44)38-29-27-36(28-30-38)25-10-6-2/h13-14,16-17,36-38H,5-12,15,18-35H2,1-4H3/b14-13-,17-16-. The topological polar surface area (TPSA) is 91.4 Å². The molecule has 0 aromatic heterocycles. The SMILES string of the molecule is CCCCC/C=C\C/C=C\CCCCCCCC(=O)OCC(COC(=O)OCCCN(CC)CC)COC(=O)C1CCC(CCCC)CC1. The minimum atomic E-state index is -0.752. The van der Waals surface area contributed by atoms with Gasteiger partial charge in [-0.15, -0.1) is 0 Å². The van der Waals surface area contributed by atoms with Crippen molar-refractivity contribution in [3.05, 3.63) is 24.3 Å². The maximum absolute atomic E-state index is 12.9. The van der Waals surface area contributed by atoms with Gasteiger partial charge in [0, 0.05) is 13.0 Å². The summed E-state index contributed by atoms with van der Waals surface area (Å²) in [4.78, 5) is 39.9. The third-order valence-electron chi connectivity index (χ3n) is 9.59. The number of nitrogens with zero attached hydrogens (tertiary/aromatic N) is 1. The molecule has 284 valence electrons. The lowest BCUT2D eigenvalue weighted by atomic mass is 9.80. The molecule has 1 aliphatic carbocycles. The Morgan fingerprint density at radius 2 is 1.27 bits per heavy atom. The number of esters is 2. The lowest BCUT2D eigenvalue weighted by Gasteiger charge is -2.27. The molecule has 1 atom stereocenters. The molecule has 0 aromatic rings. The molecule has 0 amide bonds. The van der Waals surface area contributed by atoms with Crippen LogP contribution in [0, 0.1) is 17.8 Å². The number of rotatable bonds is 30. The number of allylic oxidation sites excluding steroid dienone is 4. The maximum Gasteiger partial charge on any atom is 0.508 e. The van der Waals surface area contributed by atoms with E-state index in [9.17, 15) is 14.4 Å². The van der Waals surface area contributed by atoms with Crippen LogP contribution < -0.4 is 0 Å². The van der Waals surface area contributed by atoms with E-state index in [1.807, 2.05) is 0 Å². The lowest BCUT2D eigenvalue weighted by molar-refractivity contribution is -0.154. The fourth-order valence-electron chi connectivity index (χ4n) is 6.22. The Hall–Kier alpha value is -2.35. The van der Waals surface area contributed by atoms with E-state index in [-0.39, 0.29) is 44.3 Å². The summed E-state index contributed by atoms with van der Waals surface area (Å²) in [6, 6.07) is 0. The molecule has 0 bridgehead atoms. The Kier molecular flexibility index (Phi) is 28.8. The number of carbonyl (C=O) groups excluding carboxylic acids is 3. The van der Waals surface area contributed by atoms with Gasteiger partial charge in [-0.2, -0.15) is 0 Å². The Balaban J connectivity index is 2.36. The predicted octanol–water partition coefficient (Wildman–Crippen LogP) is 10.4. The Bertz CT molecular complexity index is 877. The van der Waals surface area contributed by atoms with Crippen LogP contribution in [-0.4, -0.2) is 69.1 Å². The molecule has 0 radical (unpaired) electrons. The number of hydrogen-bond acceptors (Lipinski definition) is 8. The molecule has 1 aliphatic rings. The van der Waals surface area contributed by atoms with Crippen LogP contribution in [0.2, 0.25) is 0 Å². The van der Waals surface area contributed by atoms with Gasteiger partial charge in [0.2, 0.25) is 0 Å². The molecule has 0 saturated heterocycles. The third-order valence-corrected chi connectivity index (χ3v) is 9.59. The summed E-state index contributed by atoms with van der Waals surface area (Å²) in [5.41, 5.74) is 0. The van der Waals surface area contributed by atoms with Crippen LogP contribution in [0.3, 0.4) is 0 Å². The first kappa shape index (κ1) is 44.7. The van der Waals surface area contributed by atoms with Gasteiger partial charge in [-0.05, 0) is 89.6 Å². The van der Waals surface area contributed by atoms with Gasteiger partial charge < -0.3 is 23.8 Å². The zero-order valence-corrected chi connectivity index (χ0v) is 31.9. The summed E-state index contributed by atoms with van der Waals surface area (Å²) in [6.45, 7) is 11.7. The Labute approximate surface area is 300 Å². The first-order chi connectivity index (χ1) is 23.9. The van der Waals surface area contributed by atoms with E-state index in [1.165, 1.54) is 51.4 Å². The summed E-state index contributed by atoms with van der Waals surface area (Å²) in [5, 5.41) is 0. The molecule has 0 spiro atoms. The molecule has 8 nitrogen and oxygen atoms in total. The van der Waals surface area contributed by atoms with Gasteiger partial charge in [0.15, 0.2) is 0 Å². The molecule has 1 rings (SSSR count). The van der Waals surface area contributed by atoms with Crippen LogP contribution in [0.5, 0.6) is 0 Å². The second-order valence-corrected chi connectivity index (χ2v) is 13.8. The summed E-state index contributed by atoms with van der Waals surface area (Å²) in [5.74, 6) is -0.291. The van der Waals surface area contributed by atoms with Gasteiger partial charge >= 0.3 is 18.1 Å². The number of ether oxygens (including phenoxy) is 4. The highest BCUT2D eigenvalue weighted by Gasteiger charge is 2.28. The molecule has 8 heteroatoms. The molecule has 1 fully saturated rings. The average molecular weight is 692 g/mol. The van der Waals surface area contributed by atoms with Crippen molar-refractivity contribution >= 4 is 18.1 Å². The van der Waals surface area contributed by atoms with Crippen molar-refractivity contribution in [3.8, 4) is 0 Å². The molecule has 0 N–H and O–H groups in total. The van der Waals surface area contributed by atoms with Crippen molar-refractivity contribution in [2.24, 2.45) is 17.8 Å². The van der Waals surface area contributed by atoms with Crippen LogP contribution >= 0.6 is 0 Å². The van der Waals surface area contributed by atoms with Crippen molar-refractivity contribution in [3.63, 3.8) is 0 Å². The molecular weight excluding hydrogens is 618 g/mol. The van der Waals surface area contributed by atoms with Crippen molar-refractivity contribution in [1.82, 2.24) is 4.90 Å². The zero-order chi connectivity index (χ0) is 35.8. The molecular formula is C41H73NO7. The smallest absolute Gasteiger partial charge is 0.465 e. The van der Waals surface area contributed by atoms with Crippen LogP contribution in [0.25, 0.3) is 0 Å². The summed E-state index contributed by atoms with van der Waals surface area (Å²) in [7, 11) is 0. The zero-order valence-electron chi connectivity index (χ0n) is 31.9. The van der Waals surface area contributed by atoms with Crippen molar-refractivity contribution < 1.29 is 33.3 Å². The first-order valence-electron chi connectivity index (χ1n) is 20.1. The highest BCUT2D eigenvalue weighted by atomic mass is 16.7. The van der Waals surface area contributed by atoms with Gasteiger partial charge in [0.05, 0.1) is 18.4 Å². The second-order valence-electron chi connectivity index (χ2n) is 13.8. The molecule has 1 saturated carbocycles. The van der Waals surface area contributed by atoms with E-state index in [1.54, 1.807) is 0 Å². The quantitative estimate of drug-likeness (QED) is 0.0318. The lowest BCUT2D eigenvalue weighted by Crippen LogP contribution is -2.30. The second kappa shape index (κ2) is 31.6. The van der Waals surface area contributed by atoms with Crippen LogP contribution in [0.1, 0.15) is 156 Å².